The van der Waals surface area contributed by atoms with Crippen LogP contribution in [-0.4, -0.2) is 72.4 Å². The number of fused-ring (bicyclic) bond motifs is 2. The molecule has 37 heavy (non-hydrogen) atoms. The molecule has 0 unspecified atom stereocenters. The summed E-state index contributed by atoms with van der Waals surface area (Å²) < 4.78 is 20.0. The molecule has 9 heteroatoms. The molecule has 0 aliphatic carbocycles. The third kappa shape index (κ3) is 4.23. The van der Waals surface area contributed by atoms with Crippen LogP contribution >= 0.6 is 0 Å². The molecule has 2 aliphatic rings. The van der Waals surface area contributed by atoms with Gasteiger partial charge in [-0.2, -0.15) is 0 Å². The zero-order valence-corrected chi connectivity index (χ0v) is 20.8. The van der Waals surface area contributed by atoms with E-state index in [1.165, 1.54) is 18.3 Å². The number of H-pyrrole nitrogens is 1. The molecule has 0 spiro atoms. The fraction of sp³-hybridized carbons (Fsp3) is 0.357. The first-order valence-corrected chi connectivity index (χ1v) is 12.7. The van der Waals surface area contributed by atoms with Gasteiger partial charge < -0.3 is 24.6 Å². The standard InChI is InChI=1S/C28H30FN5O3/c1-37-20-15-18-3-2-7-30-27(18)21(16-20)34-13-11-32(12-14-34)19-5-9-33(10-6-19)22-17-24(36)26(29)25-23(35)4-8-31-28(22)25/h2-4,7-8,15-17,19,36H,5-6,9-14H2,1H3,(H,31,35). The fourth-order valence-electron chi connectivity index (χ4n) is 5.85. The molecule has 6 rings (SSSR count). The number of nitrogens with one attached hydrogen (secondary N) is 1. The smallest absolute Gasteiger partial charge is 0.192 e. The van der Waals surface area contributed by atoms with Gasteiger partial charge in [0.15, 0.2) is 17.0 Å². The lowest BCUT2D eigenvalue weighted by Gasteiger charge is -2.44. The number of aromatic amines is 1. The molecule has 0 amide bonds. The average Bonchev–Trinajstić information content (AvgIpc) is 2.94. The van der Waals surface area contributed by atoms with E-state index >= 15 is 0 Å². The van der Waals surface area contributed by atoms with Crippen molar-refractivity contribution in [2.45, 2.75) is 18.9 Å². The molecular formula is C28H30FN5O3. The van der Waals surface area contributed by atoms with E-state index in [-0.39, 0.29) is 5.39 Å². The maximum Gasteiger partial charge on any atom is 0.192 e. The topological polar surface area (TPSA) is 84.9 Å². The van der Waals surface area contributed by atoms with Crippen molar-refractivity contribution in [3.05, 3.63) is 64.8 Å². The van der Waals surface area contributed by atoms with E-state index in [4.69, 9.17) is 4.74 Å². The van der Waals surface area contributed by atoms with Crippen molar-refractivity contribution in [1.82, 2.24) is 14.9 Å². The van der Waals surface area contributed by atoms with Crippen molar-refractivity contribution >= 4 is 33.2 Å². The number of piperidine rings is 1. The molecule has 0 bridgehead atoms. The Morgan fingerprint density at radius 1 is 1.03 bits per heavy atom. The molecule has 4 aromatic rings. The third-order valence-corrected chi connectivity index (χ3v) is 7.80. The Balaban J connectivity index is 1.14. The highest BCUT2D eigenvalue weighted by Crippen LogP contribution is 2.35. The van der Waals surface area contributed by atoms with Crippen LogP contribution in [0, 0.1) is 5.82 Å². The highest BCUT2D eigenvalue weighted by molar-refractivity contribution is 5.93. The Kier molecular flexibility index (Phi) is 6.08. The van der Waals surface area contributed by atoms with E-state index in [2.05, 4.69) is 36.8 Å². The van der Waals surface area contributed by atoms with Crippen molar-refractivity contribution in [3.8, 4) is 11.5 Å². The molecule has 192 valence electrons. The predicted octanol–water partition coefficient (Wildman–Crippen LogP) is 3.72. The number of halogens is 1. The minimum atomic E-state index is -0.868. The maximum absolute atomic E-state index is 14.5. The first kappa shape index (κ1) is 23.5. The lowest BCUT2D eigenvalue weighted by Crippen LogP contribution is -2.53. The van der Waals surface area contributed by atoms with Crippen LogP contribution in [0.1, 0.15) is 12.8 Å². The van der Waals surface area contributed by atoms with Gasteiger partial charge in [-0.3, -0.25) is 14.7 Å². The number of piperazine rings is 1. The van der Waals surface area contributed by atoms with Gasteiger partial charge in [0.1, 0.15) is 5.75 Å². The number of phenols is 1. The van der Waals surface area contributed by atoms with Crippen LogP contribution in [0.15, 0.2) is 53.6 Å². The second-order valence-corrected chi connectivity index (χ2v) is 9.78. The van der Waals surface area contributed by atoms with Gasteiger partial charge in [0, 0.05) is 81.3 Å². The summed E-state index contributed by atoms with van der Waals surface area (Å²) in [7, 11) is 1.69. The molecule has 2 aromatic heterocycles. The highest BCUT2D eigenvalue weighted by atomic mass is 19.1. The maximum atomic E-state index is 14.5. The number of pyridine rings is 2. The van der Waals surface area contributed by atoms with Gasteiger partial charge in [-0.15, -0.1) is 0 Å². The molecule has 0 saturated carbocycles. The second-order valence-electron chi connectivity index (χ2n) is 9.78. The monoisotopic (exact) mass is 503 g/mol. The number of hydrogen-bond donors (Lipinski definition) is 2. The number of aromatic hydroxyl groups is 1. The molecule has 4 heterocycles. The zero-order chi connectivity index (χ0) is 25.5. The number of phenolic OH excluding ortho intramolecular Hbond substituents is 1. The molecule has 0 atom stereocenters. The van der Waals surface area contributed by atoms with Crippen molar-refractivity contribution < 1.29 is 14.2 Å². The van der Waals surface area contributed by atoms with E-state index < -0.39 is 17.0 Å². The normalized spacial score (nSPS) is 17.6. The van der Waals surface area contributed by atoms with E-state index in [0.717, 1.165) is 74.5 Å². The van der Waals surface area contributed by atoms with Crippen molar-refractivity contribution in [3.63, 3.8) is 0 Å². The predicted molar refractivity (Wildman–Crippen MR) is 144 cm³/mol. The number of methoxy groups -OCH3 is 1. The van der Waals surface area contributed by atoms with Crippen LogP contribution < -0.4 is 20.0 Å². The first-order chi connectivity index (χ1) is 18.0. The van der Waals surface area contributed by atoms with Crippen LogP contribution in [0.25, 0.3) is 21.8 Å². The second kappa shape index (κ2) is 9.55. The van der Waals surface area contributed by atoms with E-state index in [1.54, 1.807) is 7.11 Å². The Bertz CT molecular complexity index is 1510. The van der Waals surface area contributed by atoms with Crippen molar-refractivity contribution in [2.24, 2.45) is 0 Å². The minimum Gasteiger partial charge on any atom is -0.505 e. The minimum absolute atomic E-state index is 0.0877. The number of nitrogens with zero attached hydrogens (tertiary/aromatic N) is 4. The SMILES string of the molecule is COc1cc(N2CCN(C3CCN(c4cc(O)c(F)c5c(=O)cc[nH]c45)CC3)CC2)c2ncccc2c1. The number of ether oxygens (including phenoxy) is 1. The number of rotatable bonds is 4. The van der Waals surface area contributed by atoms with Gasteiger partial charge in [-0.1, -0.05) is 6.07 Å². The van der Waals surface area contributed by atoms with Crippen molar-refractivity contribution in [2.75, 3.05) is 56.2 Å². The van der Waals surface area contributed by atoms with Gasteiger partial charge >= 0.3 is 0 Å². The fourth-order valence-corrected chi connectivity index (χ4v) is 5.85. The van der Waals surface area contributed by atoms with Crippen LogP contribution in [-0.2, 0) is 0 Å². The Hall–Kier alpha value is -3.85. The Labute approximate surface area is 213 Å². The Morgan fingerprint density at radius 2 is 1.78 bits per heavy atom. The van der Waals surface area contributed by atoms with Gasteiger partial charge in [0.2, 0.25) is 0 Å². The molecule has 2 N–H and O–H groups in total. The number of aromatic nitrogens is 2. The summed E-state index contributed by atoms with van der Waals surface area (Å²) in [6.07, 6.45) is 5.28. The van der Waals surface area contributed by atoms with E-state index in [0.29, 0.717) is 17.2 Å². The molecule has 2 aromatic carbocycles. The molecule has 0 radical (unpaired) electrons. The first-order valence-electron chi connectivity index (χ1n) is 12.7. The number of hydrogen-bond acceptors (Lipinski definition) is 7. The van der Waals surface area contributed by atoms with Crippen molar-refractivity contribution in [1.29, 1.82) is 0 Å². The van der Waals surface area contributed by atoms with Crippen LogP contribution in [0.3, 0.4) is 0 Å². The summed E-state index contributed by atoms with van der Waals surface area (Å²) in [5.74, 6) is -0.518. The zero-order valence-electron chi connectivity index (χ0n) is 20.8. The van der Waals surface area contributed by atoms with Gasteiger partial charge in [-0.25, -0.2) is 4.39 Å². The number of anilines is 2. The summed E-state index contributed by atoms with van der Waals surface area (Å²) >= 11 is 0. The summed E-state index contributed by atoms with van der Waals surface area (Å²) in [4.78, 5) is 27.0. The van der Waals surface area contributed by atoms with Gasteiger partial charge in [0.25, 0.3) is 0 Å². The van der Waals surface area contributed by atoms with Crippen LogP contribution in [0.5, 0.6) is 11.5 Å². The molecule has 8 nitrogen and oxygen atoms in total. The molecule has 2 fully saturated rings. The summed E-state index contributed by atoms with van der Waals surface area (Å²) in [6, 6.07) is 11.3. The molecular weight excluding hydrogens is 473 g/mol. The van der Waals surface area contributed by atoms with E-state index in [1.807, 2.05) is 18.3 Å². The molecule has 2 aliphatic heterocycles. The lowest BCUT2D eigenvalue weighted by atomic mass is 10.0. The quantitative estimate of drug-likeness (QED) is 0.439. The highest BCUT2D eigenvalue weighted by Gasteiger charge is 2.29. The van der Waals surface area contributed by atoms with Gasteiger partial charge in [0.05, 0.1) is 34.9 Å². The largest absolute Gasteiger partial charge is 0.505 e. The van der Waals surface area contributed by atoms with Gasteiger partial charge in [-0.05, 0) is 25.0 Å². The van der Waals surface area contributed by atoms with E-state index in [9.17, 15) is 14.3 Å². The molecule has 2 saturated heterocycles. The summed E-state index contributed by atoms with van der Waals surface area (Å²) in [6.45, 7) is 5.29. The Morgan fingerprint density at radius 3 is 2.54 bits per heavy atom. The summed E-state index contributed by atoms with van der Waals surface area (Å²) in [5, 5.41) is 11.1. The van der Waals surface area contributed by atoms with Crippen LogP contribution in [0.4, 0.5) is 15.8 Å². The third-order valence-electron chi connectivity index (χ3n) is 7.80. The lowest BCUT2D eigenvalue weighted by molar-refractivity contribution is 0.160. The summed E-state index contributed by atoms with van der Waals surface area (Å²) in [5.41, 5.74) is 2.79. The van der Waals surface area contributed by atoms with Crippen LogP contribution in [0.2, 0.25) is 0 Å². The average molecular weight is 504 g/mol. The number of benzene rings is 2.